The van der Waals surface area contributed by atoms with Gasteiger partial charge in [-0.25, -0.2) is 4.68 Å². The smallest absolute Gasteiger partial charge is 0.267 e. The zero-order chi connectivity index (χ0) is 16.4. The Kier molecular flexibility index (Phi) is 4.30. The average Bonchev–Trinajstić information content (AvgIpc) is 2.46. The monoisotopic (exact) mass is 302 g/mol. The third-order valence-corrected chi connectivity index (χ3v) is 4.02. The van der Waals surface area contributed by atoms with Gasteiger partial charge in [-0.3, -0.25) is 14.6 Å². The number of hydrogen-bond acceptors (Lipinski definition) is 4. The van der Waals surface area contributed by atoms with Crippen LogP contribution in [-0.2, 0) is 11.0 Å². The van der Waals surface area contributed by atoms with Gasteiger partial charge in [0.1, 0.15) is 0 Å². The number of nitrogens with one attached hydrogen (secondary N) is 1. The molecule has 0 fully saturated rings. The minimum Gasteiger partial charge on any atom is -0.326 e. The van der Waals surface area contributed by atoms with Crippen molar-refractivity contribution in [1.82, 2.24) is 19.7 Å². The van der Waals surface area contributed by atoms with Gasteiger partial charge in [0.05, 0.1) is 17.4 Å². The van der Waals surface area contributed by atoms with E-state index in [1.54, 1.807) is 18.5 Å². The van der Waals surface area contributed by atoms with E-state index in [1.165, 1.54) is 16.9 Å². The Bertz CT molecular complexity index is 738. The van der Waals surface area contributed by atoms with Crippen LogP contribution in [-0.4, -0.2) is 19.7 Å². The van der Waals surface area contributed by atoms with Crippen molar-refractivity contribution in [3.05, 3.63) is 57.1 Å². The Labute approximate surface area is 129 Å². The van der Waals surface area contributed by atoms with Crippen LogP contribution in [0, 0.1) is 0 Å². The highest BCUT2D eigenvalue weighted by atomic mass is 16.1. The minimum absolute atomic E-state index is 0.104. The molecule has 0 aliphatic rings. The van der Waals surface area contributed by atoms with E-state index in [0.29, 0.717) is 0 Å². The van der Waals surface area contributed by atoms with Crippen LogP contribution in [0.5, 0.6) is 0 Å². The third-order valence-electron chi connectivity index (χ3n) is 4.02. The fourth-order valence-corrected chi connectivity index (χ4v) is 2.38. The summed E-state index contributed by atoms with van der Waals surface area (Å²) in [6.07, 6.45) is 6.14. The van der Waals surface area contributed by atoms with Crippen molar-refractivity contribution in [2.24, 2.45) is 0 Å². The van der Waals surface area contributed by atoms with Crippen LogP contribution in [0.1, 0.15) is 46.2 Å². The van der Waals surface area contributed by atoms with Crippen LogP contribution < -0.4 is 11.1 Å². The topological polar surface area (TPSA) is 80.6 Å². The summed E-state index contributed by atoms with van der Waals surface area (Å²) in [7, 11) is 0. The number of H-pyrrole nitrogens is 1. The Balaban J connectivity index is 2.17. The molecule has 0 saturated carbocycles. The van der Waals surface area contributed by atoms with Crippen molar-refractivity contribution in [2.75, 3.05) is 0 Å². The first-order chi connectivity index (χ1) is 10.2. The molecule has 1 N–H and O–H groups in total. The summed E-state index contributed by atoms with van der Waals surface area (Å²) in [6.45, 7) is 8.14. The zero-order valence-corrected chi connectivity index (χ0v) is 13.5. The Morgan fingerprint density at radius 2 is 1.91 bits per heavy atom. The highest BCUT2D eigenvalue weighted by molar-refractivity contribution is 5.10. The highest BCUT2D eigenvalue weighted by Gasteiger charge is 2.29. The van der Waals surface area contributed by atoms with Crippen molar-refractivity contribution < 1.29 is 0 Å². The molecule has 2 rings (SSSR count). The molecule has 0 aliphatic carbocycles. The molecule has 22 heavy (non-hydrogen) atoms. The van der Waals surface area contributed by atoms with Gasteiger partial charge in [-0.15, -0.1) is 0 Å². The molecule has 0 saturated heterocycles. The number of aromatic nitrogens is 4. The SMILES string of the molecule is CC(C)(CCC(C)(C)n1ncccc1=O)c1c[nH]c(=O)cn1. The van der Waals surface area contributed by atoms with Crippen LogP contribution in [0.4, 0.5) is 0 Å². The average molecular weight is 302 g/mol. The van der Waals surface area contributed by atoms with Crippen molar-refractivity contribution in [3.63, 3.8) is 0 Å². The minimum atomic E-state index is -0.391. The van der Waals surface area contributed by atoms with Gasteiger partial charge in [0.2, 0.25) is 0 Å². The molecule has 0 unspecified atom stereocenters. The van der Waals surface area contributed by atoms with Crippen LogP contribution >= 0.6 is 0 Å². The zero-order valence-electron chi connectivity index (χ0n) is 13.5. The molecule has 0 bridgehead atoms. The molecule has 6 nitrogen and oxygen atoms in total. The van der Waals surface area contributed by atoms with E-state index in [4.69, 9.17) is 0 Å². The number of hydrogen-bond donors (Lipinski definition) is 1. The molecule has 0 spiro atoms. The maximum atomic E-state index is 11.9. The van der Waals surface area contributed by atoms with Gasteiger partial charge in [-0.1, -0.05) is 13.8 Å². The third kappa shape index (κ3) is 3.50. The summed E-state index contributed by atoms with van der Waals surface area (Å²) in [4.78, 5) is 29.9. The quantitative estimate of drug-likeness (QED) is 0.913. The van der Waals surface area contributed by atoms with E-state index in [-0.39, 0.29) is 16.5 Å². The van der Waals surface area contributed by atoms with Gasteiger partial charge < -0.3 is 4.98 Å². The fraction of sp³-hybridized carbons (Fsp3) is 0.500. The summed E-state index contributed by atoms with van der Waals surface area (Å²) in [5.41, 5.74) is -0.0823. The van der Waals surface area contributed by atoms with Crippen molar-refractivity contribution in [1.29, 1.82) is 0 Å². The van der Waals surface area contributed by atoms with E-state index in [9.17, 15) is 9.59 Å². The number of rotatable bonds is 5. The first-order valence-corrected chi connectivity index (χ1v) is 7.32. The van der Waals surface area contributed by atoms with Gasteiger partial charge in [0.25, 0.3) is 11.1 Å². The van der Waals surface area contributed by atoms with Gasteiger partial charge in [-0.05, 0) is 32.8 Å². The maximum Gasteiger partial charge on any atom is 0.267 e. The molecular weight excluding hydrogens is 280 g/mol. The Hall–Kier alpha value is -2.24. The second-order valence-corrected chi connectivity index (χ2v) is 6.77. The second-order valence-electron chi connectivity index (χ2n) is 6.77. The normalized spacial score (nSPS) is 12.4. The van der Waals surface area contributed by atoms with Crippen LogP contribution in [0.15, 0.2) is 40.3 Å². The van der Waals surface area contributed by atoms with E-state index in [0.717, 1.165) is 18.5 Å². The Morgan fingerprint density at radius 3 is 2.50 bits per heavy atom. The summed E-state index contributed by atoms with van der Waals surface area (Å²) in [5.74, 6) is 0. The van der Waals surface area contributed by atoms with Crippen molar-refractivity contribution in [2.45, 2.75) is 51.5 Å². The van der Waals surface area contributed by atoms with E-state index in [1.807, 2.05) is 13.8 Å². The molecule has 0 atom stereocenters. The fourth-order valence-electron chi connectivity index (χ4n) is 2.38. The Morgan fingerprint density at radius 1 is 1.18 bits per heavy atom. The lowest BCUT2D eigenvalue weighted by Crippen LogP contribution is -2.39. The predicted molar refractivity (Wildman–Crippen MR) is 84.9 cm³/mol. The van der Waals surface area contributed by atoms with Gasteiger partial charge in [0, 0.05) is 23.9 Å². The molecule has 0 aliphatic heterocycles. The lowest BCUT2D eigenvalue weighted by molar-refractivity contribution is 0.249. The predicted octanol–water partition coefficient (Wildman–Crippen LogP) is 1.82. The maximum absolute atomic E-state index is 11.9. The summed E-state index contributed by atoms with van der Waals surface area (Å²) < 4.78 is 1.52. The molecule has 118 valence electrons. The summed E-state index contributed by atoms with van der Waals surface area (Å²) in [5, 5.41) is 4.18. The van der Waals surface area contributed by atoms with Crippen molar-refractivity contribution >= 4 is 0 Å². The van der Waals surface area contributed by atoms with Crippen LogP contribution in [0.25, 0.3) is 0 Å². The van der Waals surface area contributed by atoms with Gasteiger partial charge in [0.15, 0.2) is 0 Å². The molecule has 6 heteroatoms. The van der Waals surface area contributed by atoms with E-state index < -0.39 is 5.54 Å². The van der Waals surface area contributed by atoms with Gasteiger partial charge in [-0.2, -0.15) is 5.10 Å². The lowest BCUT2D eigenvalue weighted by atomic mass is 9.80. The summed E-state index contributed by atoms with van der Waals surface area (Å²) >= 11 is 0. The first kappa shape index (κ1) is 16.1. The molecule has 0 aromatic carbocycles. The largest absolute Gasteiger partial charge is 0.326 e. The molecule has 2 heterocycles. The lowest BCUT2D eigenvalue weighted by Gasteiger charge is -2.31. The summed E-state index contributed by atoms with van der Waals surface area (Å²) in [6, 6.07) is 3.16. The molecule has 2 aromatic heterocycles. The van der Waals surface area contributed by atoms with Gasteiger partial charge >= 0.3 is 0 Å². The second kappa shape index (κ2) is 5.87. The number of aromatic amines is 1. The van der Waals surface area contributed by atoms with Crippen LogP contribution in [0.3, 0.4) is 0 Å². The van der Waals surface area contributed by atoms with E-state index in [2.05, 4.69) is 28.9 Å². The molecular formula is C16H22N4O2. The van der Waals surface area contributed by atoms with Crippen LogP contribution in [0.2, 0.25) is 0 Å². The van der Waals surface area contributed by atoms with E-state index >= 15 is 0 Å². The standard InChI is InChI=1S/C16H22N4O2/c1-15(2,12-10-18-13(21)11-17-12)7-8-16(3,4)20-14(22)6-5-9-19-20/h5-6,9-11H,7-8H2,1-4H3,(H,18,21). The molecule has 0 amide bonds. The van der Waals surface area contributed by atoms with Crippen molar-refractivity contribution in [3.8, 4) is 0 Å². The number of nitrogens with zero attached hydrogens (tertiary/aromatic N) is 3. The molecule has 0 radical (unpaired) electrons. The first-order valence-electron chi connectivity index (χ1n) is 7.32. The highest BCUT2D eigenvalue weighted by Crippen LogP contribution is 2.30. The molecule has 2 aromatic rings.